The average Bonchev–Trinajstić information content (AvgIpc) is 3.13. The number of furan rings is 1. The maximum Gasteiger partial charge on any atom is 0.254 e. The number of hydrogen-bond donors (Lipinski definition) is 1. The van der Waals surface area contributed by atoms with Gasteiger partial charge in [0.15, 0.2) is 0 Å². The molecule has 0 aliphatic heterocycles. The summed E-state index contributed by atoms with van der Waals surface area (Å²) in [5, 5.41) is 2.65. The van der Waals surface area contributed by atoms with Gasteiger partial charge >= 0.3 is 0 Å². The van der Waals surface area contributed by atoms with Crippen LogP contribution in [0.3, 0.4) is 0 Å². The molecule has 0 radical (unpaired) electrons. The Labute approximate surface area is 166 Å². The number of benzene rings is 1. The van der Waals surface area contributed by atoms with Crippen molar-refractivity contribution in [3.8, 4) is 0 Å². The van der Waals surface area contributed by atoms with Crippen molar-refractivity contribution in [3.63, 3.8) is 0 Å². The lowest BCUT2D eigenvalue weighted by Gasteiger charge is -2.18. The number of nitrogens with one attached hydrogen (secondary N) is 1. The first-order chi connectivity index (χ1) is 12.6. The molecule has 0 saturated carbocycles. The lowest BCUT2D eigenvalue weighted by atomic mass is 10.2. The minimum Gasteiger partial charge on any atom is -0.467 e. The molecule has 0 unspecified atom stereocenters. The summed E-state index contributed by atoms with van der Waals surface area (Å²) in [6, 6.07) is 7.72. The van der Waals surface area contributed by atoms with E-state index in [1.807, 2.05) is 0 Å². The largest absolute Gasteiger partial charge is 0.467 e. The predicted molar refractivity (Wildman–Crippen MR) is 103 cm³/mol. The van der Waals surface area contributed by atoms with Crippen molar-refractivity contribution in [1.29, 1.82) is 0 Å². The van der Waals surface area contributed by atoms with Crippen LogP contribution in [0.25, 0.3) is 0 Å². The number of nitrogens with zero attached hydrogens (tertiary/aromatic N) is 2. The molecular formula is C17H20BrN3O5S. The molecule has 1 N–H and O–H groups in total. The van der Waals surface area contributed by atoms with Crippen molar-refractivity contribution in [2.45, 2.75) is 11.4 Å². The number of carbonyl (C=O) groups excluding carboxylic acids is 2. The second-order valence-corrected chi connectivity index (χ2v) is 8.92. The first-order valence-electron chi connectivity index (χ1n) is 7.89. The smallest absolute Gasteiger partial charge is 0.254 e. The third kappa shape index (κ3) is 5.18. The lowest BCUT2D eigenvalue weighted by molar-refractivity contribution is -0.121. The Morgan fingerprint density at radius 3 is 2.48 bits per heavy atom. The summed E-state index contributed by atoms with van der Waals surface area (Å²) < 4.78 is 31.3. The van der Waals surface area contributed by atoms with Crippen LogP contribution >= 0.6 is 15.9 Å². The van der Waals surface area contributed by atoms with E-state index in [-0.39, 0.29) is 29.5 Å². The van der Waals surface area contributed by atoms with Crippen molar-refractivity contribution < 1.29 is 22.4 Å². The van der Waals surface area contributed by atoms with E-state index < -0.39 is 15.9 Å². The van der Waals surface area contributed by atoms with Crippen molar-refractivity contribution >= 4 is 37.8 Å². The van der Waals surface area contributed by atoms with Crippen LogP contribution in [-0.2, 0) is 21.4 Å². The molecular weight excluding hydrogens is 438 g/mol. The summed E-state index contributed by atoms with van der Waals surface area (Å²) in [6.45, 7) is 0.0444. The van der Waals surface area contributed by atoms with E-state index in [1.54, 1.807) is 12.1 Å². The molecule has 10 heteroatoms. The number of rotatable bonds is 7. The molecule has 0 saturated heterocycles. The second kappa shape index (κ2) is 8.68. The molecule has 0 fully saturated rings. The van der Waals surface area contributed by atoms with Gasteiger partial charge in [0.05, 0.1) is 24.2 Å². The number of sulfonamides is 1. The number of hydrogen-bond acceptors (Lipinski definition) is 5. The summed E-state index contributed by atoms with van der Waals surface area (Å²) in [5.74, 6) is -0.227. The van der Waals surface area contributed by atoms with Crippen LogP contribution < -0.4 is 5.32 Å². The Morgan fingerprint density at radius 2 is 1.89 bits per heavy atom. The average molecular weight is 458 g/mol. The summed E-state index contributed by atoms with van der Waals surface area (Å²) in [4.78, 5) is 25.8. The molecule has 2 rings (SSSR count). The Kier molecular flexibility index (Phi) is 6.79. The van der Waals surface area contributed by atoms with Crippen molar-refractivity contribution in [2.24, 2.45) is 0 Å². The number of amides is 2. The van der Waals surface area contributed by atoms with Gasteiger partial charge in [-0.3, -0.25) is 9.59 Å². The highest BCUT2D eigenvalue weighted by atomic mass is 79.9. The molecule has 27 heavy (non-hydrogen) atoms. The molecule has 2 amide bonds. The molecule has 1 heterocycles. The maximum absolute atomic E-state index is 12.6. The Bertz CT molecular complexity index is 926. The molecule has 0 atom stereocenters. The van der Waals surface area contributed by atoms with E-state index in [1.165, 1.54) is 50.5 Å². The molecule has 0 aliphatic rings. The number of likely N-dealkylation sites (N-methyl/N-ethyl adjacent to an activating group) is 1. The van der Waals surface area contributed by atoms with Gasteiger partial charge in [0.25, 0.3) is 5.91 Å². The summed E-state index contributed by atoms with van der Waals surface area (Å²) in [6.07, 6.45) is 1.50. The minimum atomic E-state index is -3.72. The van der Waals surface area contributed by atoms with Gasteiger partial charge in [-0.05, 0) is 46.3 Å². The maximum atomic E-state index is 12.6. The standard InChI is InChI=1S/C17H20BrN3O5S/c1-20(2)27(24,25)15-9-12(6-7-14(15)18)17(23)21(3)11-16(22)19-10-13-5-4-8-26-13/h4-9H,10-11H2,1-3H3,(H,19,22). The van der Waals surface area contributed by atoms with Crippen LogP contribution in [0, 0.1) is 0 Å². The molecule has 1 aromatic heterocycles. The quantitative estimate of drug-likeness (QED) is 0.681. The number of halogens is 1. The highest BCUT2D eigenvalue weighted by Crippen LogP contribution is 2.25. The molecule has 8 nitrogen and oxygen atoms in total. The van der Waals surface area contributed by atoms with Gasteiger partial charge in [0.2, 0.25) is 15.9 Å². The first kappa shape index (κ1) is 21.1. The highest BCUT2D eigenvalue weighted by Gasteiger charge is 2.23. The fourth-order valence-electron chi connectivity index (χ4n) is 2.19. The van der Waals surface area contributed by atoms with Gasteiger partial charge in [-0.1, -0.05) is 0 Å². The van der Waals surface area contributed by atoms with Gasteiger partial charge in [0.1, 0.15) is 5.76 Å². The van der Waals surface area contributed by atoms with E-state index >= 15 is 0 Å². The minimum absolute atomic E-state index is 0.0194. The first-order valence-corrected chi connectivity index (χ1v) is 10.1. The molecule has 0 bridgehead atoms. The fraction of sp³-hybridized carbons (Fsp3) is 0.294. The molecule has 146 valence electrons. The van der Waals surface area contributed by atoms with Crippen LogP contribution in [0.2, 0.25) is 0 Å². The topological polar surface area (TPSA) is 99.9 Å². The summed E-state index contributed by atoms with van der Waals surface area (Å²) in [7, 11) is 0.566. The summed E-state index contributed by atoms with van der Waals surface area (Å²) in [5.41, 5.74) is 0.167. The van der Waals surface area contributed by atoms with Crippen LogP contribution in [0.4, 0.5) is 0 Å². The normalized spacial score (nSPS) is 11.4. The zero-order valence-electron chi connectivity index (χ0n) is 15.1. The van der Waals surface area contributed by atoms with E-state index in [9.17, 15) is 18.0 Å². The third-order valence-corrected chi connectivity index (χ3v) is 6.51. The zero-order chi connectivity index (χ0) is 20.2. The van der Waals surface area contributed by atoms with Gasteiger partial charge in [-0.15, -0.1) is 0 Å². The van der Waals surface area contributed by atoms with E-state index in [0.717, 1.165) is 4.31 Å². The van der Waals surface area contributed by atoms with E-state index in [2.05, 4.69) is 21.2 Å². The van der Waals surface area contributed by atoms with Gasteiger partial charge in [-0.2, -0.15) is 0 Å². The van der Waals surface area contributed by atoms with Crippen LogP contribution in [0.15, 0.2) is 50.4 Å². The fourth-order valence-corrected chi connectivity index (χ4v) is 4.04. The van der Waals surface area contributed by atoms with Crippen molar-refractivity contribution in [2.75, 3.05) is 27.7 Å². The summed E-state index contributed by atoms with van der Waals surface area (Å²) >= 11 is 3.20. The Hall–Kier alpha value is -2.17. The molecule has 0 aliphatic carbocycles. The zero-order valence-corrected chi connectivity index (χ0v) is 17.5. The number of carbonyl (C=O) groups is 2. The van der Waals surface area contributed by atoms with Crippen LogP contribution in [-0.4, -0.2) is 57.1 Å². The van der Waals surface area contributed by atoms with Crippen molar-refractivity contribution in [3.05, 3.63) is 52.4 Å². The Balaban J connectivity index is 2.09. The van der Waals surface area contributed by atoms with Gasteiger partial charge in [0, 0.05) is 31.2 Å². The SMILES string of the molecule is CN(CC(=O)NCc1ccco1)C(=O)c1ccc(Br)c(S(=O)(=O)N(C)C)c1. The Morgan fingerprint density at radius 1 is 1.19 bits per heavy atom. The highest BCUT2D eigenvalue weighted by molar-refractivity contribution is 9.10. The van der Waals surface area contributed by atoms with Crippen molar-refractivity contribution in [1.82, 2.24) is 14.5 Å². The molecule has 2 aromatic rings. The second-order valence-electron chi connectivity index (χ2n) is 5.95. The van der Waals surface area contributed by atoms with Gasteiger partial charge < -0.3 is 14.6 Å². The van der Waals surface area contributed by atoms with E-state index in [4.69, 9.17) is 4.42 Å². The predicted octanol–water partition coefficient (Wildman–Crippen LogP) is 1.68. The van der Waals surface area contributed by atoms with Crippen LogP contribution in [0.5, 0.6) is 0 Å². The van der Waals surface area contributed by atoms with E-state index in [0.29, 0.717) is 10.2 Å². The lowest BCUT2D eigenvalue weighted by Crippen LogP contribution is -2.38. The van der Waals surface area contributed by atoms with Crippen LogP contribution in [0.1, 0.15) is 16.1 Å². The van der Waals surface area contributed by atoms with Gasteiger partial charge in [-0.25, -0.2) is 12.7 Å². The monoisotopic (exact) mass is 457 g/mol. The molecule has 1 aromatic carbocycles. The molecule has 0 spiro atoms. The third-order valence-electron chi connectivity index (χ3n) is 3.70.